The smallest absolute Gasteiger partial charge is 0.338 e. The van der Waals surface area contributed by atoms with Crippen LogP contribution in [0.15, 0.2) is 48.0 Å². The van der Waals surface area contributed by atoms with E-state index in [1.807, 2.05) is 12.1 Å². The van der Waals surface area contributed by atoms with E-state index in [-0.39, 0.29) is 12.3 Å². The molecule has 27 heavy (non-hydrogen) atoms. The van der Waals surface area contributed by atoms with Crippen molar-refractivity contribution in [3.8, 4) is 5.75 Å². The van der Waals surface area contributed by atoms with Crippen LogP contribution in [0.25, 0.3) is 6.08 Å². The fourth-order valence-corrected chi connectivity index (χ4v) is 2.50. The standard InChI is InChI=1S/C19H16N2O6/c1-12-6-7-15(21(24)25)9-16(12)20-18(22)11-27-19(23)14-8-13-4-2-3-5-17(13)26-10-14/h2-9H,10-11H2,1H3,(H,20,22). The molecule has 0 radical (unpaired) electrons. The first-order valence-corrected chi connectivity index (χ1v) is 8.08. The molecule has 8 heteroatoms. The highest BCUT2D eigenvalue weighted by Crippen LogP contribution is 2.26. The maximum absolute atomic E-state index is 12.1. The largest absolute Gasteiger partial charge is 0.488 e. The Balaban J connectivity index is 1.60. The molecule has 0 bridgehead atoms. The number of hydrogen-bond acceptors (Lipinski definition) is 6. The number of para-hydroxylation sites is 1. The first-order valence-electron chi connectivity index (χ1n) is 8.08. The number of esters is 1. The Kier molecular flexibility index (Phi) is 5.16. The number of nitrogens with one attached hydrogen (secondary N) is 1. The van der Waals surface area contributed by atoms with Gasteiger partial charge in [0.25, 0.3) is 11.6 Å². The molecule has 1 amide bonds. The van der Waals surface area contributed by atoms with E-state index in [0.717, 1.165) is 5.56 Å². The maximum Gasteiger partial charge on any atom is 0.338 e. The molecule has 3 rings (SSSR count). The van der Waals surface area contributed by atoms with Crippen molar-refractivity contribution in [2.45, 2.75) is 6.92 Å². The molecule has 0 saturated heterocycles. The van der Waals surface area contributed by atoms with Gasteiger partial charge in [0, 0.05) is 17.7 Å². The molecule has 0 aliphatic carbocycles. The van der Waals surface area contributed by atoms with Crippen molar-refractivity contribution >= 4 is 29.3 Å². The quantitative estimate of drug-likeness (QED) is 0.494. The van der Waals surface area contributed by atoms with E-state index in [1.54, 1.807) is 25.1 Å². The average Bonchev–Trinajstić information content (AvgIpc) is 2.67. The van der Waals surface area contributed by atoms with Crippen LogP contribution in [0, 0.1) is 17.0 Å². The number of hydrogen-bond donors (Lipinski definition) is 1. The van der Waals surface area contributed by atoms with Crippen LogP contribution in [0.1, 0.15) is 11.1 Å². The number of nitro groups is 1. The van der Waals surface area contributed by atoms with E-state index in [1.165, 1.54) is 18.2 Å². The fourth-order valence-electron chi connectivity index (χ4n) is 2.50. The van der Waals surface area contributed by atoms with Crippen molar-refractivity contribution in [3.63, 3.8) is 0 Å². The number of carbonyl (C=O) groups is 2. The topological polar surface area (TPSA) is 108 Å². The number of carbonyl (C=O) groups excluding carboxylic acids is 2. The Morgan fingerprint density at radius 3 is 2.81 bits per heavy atom. The minimum atomic E-state index is -0.657. The van der Waals surface area contributed by atoms with E-state index >= 15 is 0 Å². The van der Waals surface area contributed by atoms with E-state index in [0.29, 0.717) is 22.6 Å². The van der Waals surface area contributed by atoms with Crippen LogP contribution in [-0.4, -0.2) is 30.0 Å². The number of ether oxygens (including phenoxy) is 2. The second-order valence-corrected chi connectivity index (χ2v) is 5.88. The number of anilines is 1. The zero-order valence-electron chi connectivity index (χ0n) is 14.4. The zero-order valence-corrected chi connectivity index (χ0v) is 14.4. The zero-order chi connectivity index (χ0) is 19.4. The normalized spacial score (nSPS) is 12.3. The van der Waals surface area contributed by atoms with Crippen LogP contribution in [-0.2, 0) is 14.3 Å². The molecule has 0 aromatic heterocycles. The van der Waals surface area contributed by atoms with Gasteiger partial charge in [0.15, 0.2) is 6.61 Å². The second-order valence-electron chi connectivity index (χ2n) is 5.88. The number of fused-ring (bicyclic) bond motifs is 1. The summed E-state index contributed by atoms with van der Waals surface area (Å²) in [7, 11) is 0. The Morgan fingerprint density at radius 1 is 1.26 bits per heavy atom. The summed E-state index contributed by atoms with van der Waals surface area (Å²) >= 11 is 0. The molecular formula is C19H16N2O6. The third kappa shape index (κ3) is 4.30. The summed E-state index contributed by atoms with van der Waals surface area (Å²) in [4.78, 5) is 34.4. The van der Waals surface area contributed by atoms with Crippen LogP contribution in [0.2, 0.25) is 0 Å². The Morgan fingerprint density at radius 2 is 2.04 bits per heavy atom. The summed E-state index contributed by atoms with van der Waals surface area (Å²) < 4.78 is 10.5. The molecule has 0 atom stereocenters. The minimum Gasteiger partial charge on any atom is -0.488 e. The Bertz CT molecular complexity index is 951. The van der Waals surface area contributed by atoms with E-state index < -0.39 is 23.4 Å². The predicted octanol–water partition coefficient (Wildman–Crippen LogP) is 2.86. The third-order valence-electron chi connectivity index (χ3n) is 3.93. The lowest BCUT2D eigenvalue weighted by Gasteiger charge is -2.17. The van der Waals surface area contributed by atoms with Gasteiger partial charge in [-0.1, -0.05) is 24.3 Å². The van der Waals surface area contributed by atoms with Gasteiger partial charge < -0.3 is 14.8 Å². The van der Waals surface area contributed by atoms with Gasteiger partial charge in [-0.2, -0.15) is 0 Å². The number of nitrogens with zero attached hydrogens (tertiary/aromatic N) is 1. The van der Waals surface area contributed by atoms with Gasteiger partial charge in [-0.05, 0) is 24.6 Å². The minimum absolute atomic E-state index is 0.0570. The Hall–Kier alpha value is -3.68. The van der Waals surface area contributed by atoms with Crippen molar-refractivity contribution in [3.05, 3.63) is 69.3 Å². The molecule has 0 saturated carbocycles. The number of benzene rings is 2. The van der Waals surface area contributed by atoms with Crippen LogP contribution < -0.4 is 10.1 Å². The lowest BCUT2D eigenvalue weighted by atomic mass is 10.1. The van der Waals surface area contributed by atoms with Gasteiger partial charge in [0.1, 0.15) is 12.4 Å². The molecule has 138 valence electrons. The number of rotatable bonds is 5. The van der Waals surface area contributed by atoms with Crippen molar-refractivity contribution in [1.29, 1.82) is 0 Å². The molecule has 0 spiro atoms. The average molecular weight is 368 g/mol. The fraction of sp³-hybridized carbons (Fsp3) is 0.158. The van der Waals surface area contributed by atoms with E-state index in [9.17, 15) is 19.7 Å². The molecule has 1 aliphatic heterocycles. The second kappa shape index (κ2) is 7.69. The van der Waals surface area contributed by atoms with Crippen LogP contribution in [0.3, 0.4) is 0 Å². The van der Waals surface area contributed by atoms with E-state index in [4.69, 9.17) is 9.47 Å². The molecule has 0 fully saturated rings. The van der Waals surface area contributed by atoms with Crippen molar-refractivity contribution in [1.82, 2.24) is 0 Å². The predicted molar refractivity (Wildman–Crippen MR) is 97.3 cm³/mol. The van der Waals surface area contributed by atoms with Crippen molar-refractivity contribution in [2.75, 3.05) is 18.5 Å². The summed E-state index contributed by atoms with van der Waals surface area (Å²) in [6.07, 6.45) is 1.66. The number of nitro benzene ring substituents is 1. The lowest BCUT2D eigenvalue weighted by Crippen LogP contribution is -2.24. The highest BCUT2D eigenvalue weighted by molar-refractivity contribution is 5.98. The summed E-state index contributed by atoms with van der Waals surface area (Å²) in [5.74, 6) is -0.576. The molecular weight excluding hydrogens is 352 g/mol. The highest BCUT2D eigenvalue weighted by atomic mass is 16.6. The molecule has 2 aromatic carbocycles. The first kappa shape index (κ1) is 18.1. The van der Waals surface area contributed by atoms with Gasteiger partial charge in [0.05, 0.1) is 16.2 Å². The van der Waals surface area contributed by atoms with Crippen LogP contribution in [0.5, 0.6) is 5.75 Å². The van der Waals surface area contributed by atoms with Gasteiger partial charge in [-0.15, -0.1) is 0 Å². The van der Waals surface area contributed by atoms with Crippen molar-refractivity contribution in [2.24, 2.45) is 0 Å². The number of amides is 1. The van der Waals surface area contributed by atoms with E-state index in [2.05, 4.69) is 5.32 Å². The SMILES string of the molecule is Cc1ccc([N+](=O)[O-])cc1NC(=O)COC(=O)C1=Cc2ccccc2OC1. The molecule has 1 heterocycles. The maximum atomic E-state index is 12.1. The molecule has 8 nitrogen and oxygen atoms in total. The molecule has 1 aliphatic rings. The monoisotopic (exact) mass is 368 g/mol. The summed E-state index contributed by atoms with van der Waals surface area (Å²) in [6.45, 7) is 1.24. The van der Waals surface area contributed by atoms with Crippen LogP contribution in [0.4, 0.5) is 11.4 Å². The summed E-state index contributed by atoms with van der Waals surface area (Å²) in [6, 6.07) is 11.4. The summed E-state index contributed by atoms with van der Waals surface area (Å²) in [5.41, 5.74) is 1.86. The highest BCUT2D eigenvalue weighted by Gasteiger charge is 2.19. The summed E-state index contributed by atoms with van der Waals surface area (Å²) in [5, 5.41) is 13.3. The number of non-ortho nitro benzene ring substituents is 1. The molecule has 2 aromatic rings. The Labute approximate surface area is 154 Å². The third-order valence-corrected chi connectivity index (χ3v) is 3.93. The van der Waals surface area contributed by atoms with Gasteiger partial charge in [-0.25, -0.2) is 4.79 Å². The lowest BCUT2D eigenvalue weighted by molar-refractivity contribution is -0.384. The van der Waals surface area contributed by atoms with Gasteiger partial charge >= 0.3 is 5.97 Å². The van der Waals surface area contributed by atoms with Crippen molar-refractivity contribution < 1.29 is 24.0 Å². The molecule has 0 unspecified atom stereocenters. The van der Waals surface area contributed by atoms with Gasteiger partial charge in [0.2, 0.25) is 0 Å². The molecule has 1 N–H and O–H groups in total. The van der Waals surface area contributed by atoms with Crippen LogP contribution >= 0.6 is 0 Å². The van der Waals surface area contributed by atoms with Gasteiger partial charge in [-0.3, -0.25) is 14.9 Å². The number of aryl methyl sites for hydroxylation is 1. The first-order chi connectivity index (χ1) is 12.9.